The second-order valence-corrected chi connectivity index (χ2v) is 7.34. The van der Waals surface area contributed by atoms with E-state index in [0.717, 1.165) is 15.6 Å². The number of thiazole rings is 1. The first kappa shape index (κ1) is 16.0. The maximum Gasteiger partial charge on any atom is 0.275 e. The number of nitrogens with zero attached hydrogens (tertiary/aromatic N) is 1. The lowest BCUT2D eigenvalue weighted by Crippen LogP contribution is -2.13. The first-order valence-corrected chi connectivity index (χ1v) is 8.57. The lowest BCUT2D eigenvalue weighted by Gasteiger charge is -2.11. The molecule has 112 valence electrons. The summed E-state index contributed by atoms with van der Waals surface area (Å²) in [5.41, 5.74) is 6.78. The summed E-state index contributed by atoms with van der Waals surface area (Å²) >= 11 is 3.20. The second kappa shape index (κ2) is 7.59. The van der Waals surface area contributed by atoms with Crippen LogP contribution in [-0.2, 0) is 6.42 Å². The van der Waals surface area contributed by atoms with Crippen molar-refractivity contribution < 1.29 is 4.79 Å². The zero-order chi connectivity index (χ0) is 15.2. The zero-order valence-corrected chi connectivity index (χ0v) is 13.8. The SMILES string of the molecule is CC(C)Sc1ccccc1NC(=O)c1csc(CCN)n1. The summed E-state index contributed by atoms with van der Waals surface area (Å²) in [4.78, 5) is 17.6. The molecule has 2 rings (SSSR count). The molecule has 2 aromatic rings. The van der Waals surface area contributed by atoms with Crippen molar-refractivity contribution in [3.05, 3.63) is 40.3 Å². The lowest BCUT2D eigenvalue weighted by molar-refractivity contribution is 0.102. The van der Waals surface area contributed by atoms with Crippen LogP contribution in [0.1, 0.15) is 29.3 Å². The van der Waals surface area contributed by atoms with Gasteiger partial charge < -0.3 is 11.1 Å². The normalized spacial score (nSPS) is 10.9. The minimum absolute atomic E-state index is 0.175. The lowest BCUT2D eigenvalue weighted by atomic mass is 10.3. The van der Waals surface area contributed by atoms with Crippen molar-refractivity contribution in [3.63, 3.8) is 0 Å². The van der Waals surface area contributed by atoms with Gasteiger partial charge in [0.1, 0.15) is 5.69 Å². The van der Waals surface area contributed by atoms with Crippen LogP contribution in [0, 0.1) is 0 Å². The number of aromatic nitrogens is 1. The smallest absolute Gasteiger partial charge is 0.275 e. The first-order valence-electron chi connectivity index (χ1n) is 6.81. The molecule has 0 unspecified atom stereocenters. The summed E-state index contributed by atoms with van der Waals surface area (Å²) in [6.45, 7) is 4.80. The highest BCUT2D eigenvalue weighted by molar-refractivity contribution is 8.00. The van der Waals surface area contributed by atoms with Crippen molar-refractivity contribution in [1.82, 2.24) is 4.98 Å². The van der Waals surface area contributed by atoms with Gasteiger partial charge >= 0.3 is 0 Å². The quantitative estimate of drug-likeness (QED) is 0.800. The zero-order valence-electron chi connectivity index (χ0n) is 12.1. The van der Waals surface area contributed by atoms with Crippen LogP contribution < -0.4 is 11.1 Å². The fourth-order valence-electron chi connectivity index (χ4n) is 1.77. The minimum atomic E-state index is -0.175. The molecule has 1 amide bonds. The molecule has 0 aliphatic carbocycles. The molecule has 0 radical (unpaired) electrons. The fraction of sp³-hybridized carbons (Fsp3) is 0.333. The Kier molecular flexibility index (Phi) is 5.78. The maximum atomic E-state index is 12.3. The number of carbonyl (C=O) groups is 1. The molecular formula is C15H19N3OS2. The Morgan fingerprint density at radius 2 is 2.19 bits per heavy atom. The van der Waals surface area contributed by atoms with Gasteiger partial charge in [-0.3, -0.25) is 4.79 Å². The predicted octanol–water partition coefficient (Wildman–Crippen LogP) is 3.40. The molecule has 1 aromatic carbocycles. The Morgan fingerprint density at radius 1 is 1.43 bits per heavy atom. The molecular weight excluding hydrogens is 302 g/mol. The summed E-state index contributed by atoms with van der Waals surface area (Å²) in [6.07, 6.45) is 0.706. The monoisotopic (exact) mass is 321 g/mol. The van der Waals surface area contributed by atoms with Crippen molar-refractivity contribution >= 4 is 34.7 Å². The molecule has 4 nitrogen and oxygen atoms in total. The molecule has 0 saturated heterocycles. The van der Waals surface area contributed by atoms with Gasteiger partial charge in [-0.05, 0) is 18.7 Å². The minimum Gasteiger partial charge on any atom is -0.330 e. The number of benzene rings is 1. The van der Waals surface area contributed by atoms with E-state index < -0.39 is 0 Å². The molecule has 0 fully saturated rings. The van der Waals surface area contributed by atoms with Gasteiger partial charge in [-0.1, -0.05) is 26.0 Å². The summed E-state index contributed by atoms with van der Waals surface area (Å²) < 4.78 is 0. The van der Waals surface area contributed by atoms with Crippen LogP contribution in [0.4, 0.5) is 5.69 Å². The van der Waals surface area contributed by atoms with Crippen LogP contribution in [0.5, 0.6) is 0 Å². The first-order chi connectivity index (χ1) is 10.1. The van der Waals surface area contributed by atoms with Gasteiger partial charge in [-0.25, -0.2) is 4.98 Å². The van der Waals surface area contributed by atoms with E-state index >= 15 is 0 Å². The Hall–Kier alpha value is -1.37. The molecule has 3 N–H and O–H groups in total. The number of carbonyl (C=O) groups excluding carboxylic acids is 1. The number of anilines is 1. The van der Waals surface area contributed by atoms with Gasteiger partial charge in [-0.2, -0.15) is 0 Å². The summed E-state index contributed by atoms with van der Waals surface area (Å²) in [5, 5.41) is 6.07. The van der Waals surface area contributed by atoms with E-state index in [0.29, 0.717) is 23.9 Å². The number of para-hydroxylation sites is 1. The maximum absolute atomic E-state index is 12.3. The molecule has 1 aromatic heterocycles. The van der Waals surface area contributed by atoms with Crippen molar-refractivity contribution in [2.24, 2.45) is 5.73 Å². The number of thioether (sulfide) groups is 1. The third-order valence-electron chi connectivity index (χ3n) is 2.64. The molecule has 0 spiro atoms. The van der Waals surface area contributed by atoms with E-state index in [1.165, 1.54) is 11.3 Å². The van der Waals surface area contributed by atoms with Crippen LogP contribution in [0.3, 0.4) is 0 Å². The third-order valence-corrected chi connectivity index (χ3v) is 4.63. The Bertz CT molecular complexity index is 610. The highest BCUT2D eigenvalue weighted by atomic mass is 32.2. The standard InChI is InChI=1S/C15H19N3OS2/c1-10(2)21-13-6-4-3-5-11(13)18-15(19)12-9-20-14(17-12)7-8-16/h3-6,9-10H,7-8,16H2,1-2H3,(H,18,19). The highest BCUT2D eigenvalue weighted by Gasteiger charge is 2.13. The van der Waals surface area contributed by atoms with E-state index in [1.807, 2.05) is 24.3 Å². The summed E-state index contributed by atoms with van der Waals surface area (Å²) in [6, 6.07) is 7.82. The van der Waals surface area contributed by atoms with Crippen LogP contribution in [-0.4, -0.2) is 22.7 Å². The number of nitrogens with two attached hydrogens (primary N) is 1. The molecule has 21 heavy (non-hydrogen) atoms. The van der Waals surface area contributed by atoms with Crippen LogP contribution in [0.15, 0.2) is 34.5 Å². The van der Waals surface area contributed by atoms with Gasteiger partial charge in [0.25, 0.3) is 5.91 Å². The van der Waals surface area contributed by atoms with Crippen LogP contribution in [0.2, 0.25) is 0 Å². The van der Waals surface area contributed by atoms with Gasteiger partial charge in [-0.15, -0.1) is 23.1 Å². The average molecular weight is 321 g/mol. The van der Waals surface area contributed by atoms with Crippen molar-refractivity contribution in [2.75, 3.05) is 11.9 Å². The van der Waals surface area contributed by atoms with Gasteiger partial charge in [0.2, 0.25) is 0 Å². The number of hydrogen-bond donors (Lipinski definition) is 2. The molecule has 0 bridgehead atoms. The van der Waals surface area contributed by atoms with Crippen LogP contribution >= 0.6 is 23.1 Å². The molecule has 0 atom stereocenters. The van der Waals surface area contributed by atoms with E-state index in [9.17, 15) is 4.79 Å². The summed E-state index contributed by atoms with van der Waals surface area (Å²) in [5.74, 6) is -0.175. The van der Waals surface area contributed by atoms with Crippen LogP contribution in [0.25, 0.3) is 0 Å². The van der Waals surface area contributed by atoms with Gasteiger partial charge in [0.15, 0.2) is 0 Å². The van der Waals surface area contributed by atoms with Gasteiger partial charge in [0.05, 0.1) is 10.7 Å². The topological polar surface area (TPSA) is 68.0 Å². The van der Waals surface area contributed by atoms with Crippen molar-refractivity contribution in [3.8, 4) is 0 Å². The second-order valence-electron chi connectivity index (χ2n) is 4.78. The Morgan fingerprint density at radius 3 is 2.90 bits per heavy atom. The number of nitrogens with one attached hydrogen (secondary N) is 1. The molecule has 1 heterocycles. The average Bonchev–Trinajstić information content (AvgIpc) is 2.89. The van der Waals surface area contributed by atoms with Crippen molar-refractivity contribution in [2.45, 2.75) is 30.4 Å². The van der Waals surface area contributed by atoms with Gasteiger partial charge in [0, 0.05) is 21.9 Å². The van der Waals surface area contributed by atoms with E-state index in [2.05, 4.69) is 24.1 Å². The van der Waals surface area contributed by atoms with E-state index in [1.54, 1.807) is 17.1 Å². The van der Waals surface area contributed by atoms with E-state index in [4.69, 9.17) is 5.73 Å². The largest absolute Gasteiger partial charge is 0.330 e. The number of amides is 1. The van der Waals surface area contributed by atoms with E-state index in [-0.39, 0.29) is 5.91 Å². The molecule has 0 aliphatic rings. The Labute approximate surface area is 133 Å². The Balaban J connectivity index is 2.11. The number of hydrogen-bond acceptors (Lipinski definition) is 5. The predicted molar refractivity (Wildman–Crippen MR) is 90.3 cm³/mol. The molecule has 6 heteroatoms. The highest BCUT2D eigenvalue weighted by Crippen LogP contribution is 2.30. The molecule has 0 aliphatic heterocycles. The van der Waals surface area contributed by atoms with Crippen molar-refractivity contribution in [1.29, 1.82) is 0 Å². The third kappa shape index (κ3) is 4.56. The molecule has 0 saturated carbocycles. The fourth-order valence-corrected chi connectivity index (χ4v) is 3.47. The number of rotatable bonds is 6. The summed E-state index contributed by atoms with van der Waals surface area (Å²) in [7, 11) is 0.